The van der Waals surface area contributed by atoms with E-state index >= 15 is 0 Å². The average molecular weight is 701 g/mol. The highest BCUT2D eigenvalue weighted by Gasteiger charge is 2.31. The van der Waals surface area contributed by atoms with Crippen LogP contribution in [0.4, 0.5) is 5.69 Å². The molecule has 3 aromatic rings. The van der Waals surface area contributed by atoms with Crippen molar-refractivity contribution in [2.75, 3.05) is 38.1 Å². The standard InChI is InChI=1S/C35H48N4O9S/c1-22-18-39(23(2)21-40)34(41)30-17-29(37-49(44,45)33-25(4)36-48-26(33)5)14-15-31(30)47-24(3)9-7-8-16-46-32(22)20-38(6)19-27-10-12-28(13-11-27)35(42)43/h10-15,17,22-24,32,37,40H,7-9,16,18-21H2,1-6H3,(H,42,43)/t22-,23+,24+,32-/m1/s1. The number of ether oxygens (including phenoxy) is 2. The predicted octanol–water partition coefficient (Wildman–Crippen LogP) is 4.72. The lowest BCUT2D eigenvalue weighted by Crippen LogP contribution is -2.47. The fourth-order valence-corrected chi connectivity index (χ4v) is 7.33. The van der Waals surface area contributed by atoms with Gasteiger partial charge in [-0.2, -0.15) is 0 Å². The maximum absolute atomic E-state index is 14.4. The van der Waals surface area contributed by atoms with Gasteiger partial charge in [0.15, 0.2) is 10.7 Å². The number of carboxylic acids is 1. The van der Waals surface area contributed by atoms with Gasteiger partial charge < -0.3 is 29.1 Å². The van der Waals surface area contributed by atoms with Gasteiger partial charge in [-0.1, -0.05) is 24.2 Å². The van der Waals surface area contributed by atoms with Gasteiger partial charge in [0.05, 0.1) is 36.0 Å². The van der Waals surface area contributed by atoms with E-state index in [1.807, 2.05) is 20.9 Å². The number of amides is 1. The van der Waals surface area contributed by atoms with Gasteiger partial charge in [-0.25, -0.2) is 13.2 Å². The van der Waals surface area contributed by atoms with Crippen molar-refractivity contribution in [1.29, 1.82) is 0 Å². The number of hydrogen-bond acceptors (Lipinski definition) is 10. The number of carboxylic acid groups (broad SMARTS) is 1. The van der Waals surface area contributed by atoms with Crippen molar-refractivity contribution in [3.8, 4) is 5.75 Å². The van der Waals surface area contributed by atoms with Crippen LogP contribution in [0, 0.1) is 19.8 Å². The van der Waals surface area contributed by atoms with Crippen molar-refractivity contribution in [2.24, 2.45) is 5.92 Å². The number of anilines is 1. The summed E-state index contributed by atoms with van der Waals surface area (Å²) in [7, 11) is -2.12. The third-order valence-corrected chi connectivity index (χ3v) is 10.3. The fourth-order valence-electron chi connectivity index (χ4n) is 5.95. The van der Waals surface area contributed by atoms with Crippen molar-refractivity contribution in [3.05, 3.63) is 70.6 Å². The number of benzene rings is 2. The van der Waals surface area contributed by atoms with Crippen LogP contribution in [0.1, 0.15) is 77.8 Å². The average Bonchev–Trinajstić information content (AvgIpc) is 3.40. The van der Waals surface area contributed by atoms with Crippen LogP contribution in [-0.4, -0.2) is 97.1 Å². The third-order valence-electron chi connectivity index (χ3n) is 8.69. The predicted molar refractivity (Wildman–Crippen MR) is 183 cm³/mol. The summed E-state index contributed by atoms with van der Waals surface area (Å²) in [5.74, 6) is -1.10. The highest BCUT2D eigenvalue weighted by atomic mass is 32.2. The Morgan fingerprint density at radius 2 is 1.86 bits per heavy atom. The Morgan fingerprint density at radius 3 is 2.49 bits per heavy atom. The van der Waals surface area contributed by atoms with E-state index in [0.717, 1.165) is 18.4 Å². The van der Waals surface area contributed by atoms with Crippen LogP contribution in [0.25, 0.3) is 0 Å². The van der Waals surface area contributed by atoms with Crippen molar-refractivity contribution >= 4 is 27.6 Å². The van der Waals surface area contributed by atoms with Gasteiger partial charge in [0.1, 0.15) is 11.4 Å². The van der Waals surface area contributed by atoms with E-state index < -0.39 is 27.9 Å². The minimum absolute atomic E-state index is 0.0681. The number of aryl methyl sites for hydroxylation is 2. The van der Waals surface area contributed by atoms with Gasteiger partial charge in [-0.05, 0) is 89.9 Å². The number of likely N-dealkylation sites (N-methyl/N-ethyl adjacent to an activating group) is 1. The highest BCUT2D eigenvalue weighted by molar-refractivity contribution is 7.92. The van der Waals surface area contributed by atoms with Gasteiger partial charge in [0.2, 0.25) is 0 Å². The quantitative estimate of drug-likeness (QED) is 0.267. The number of rotatable bonds is 10. The molecule has 1 amide bonds. The molecule has 2 aromatic carbocycles. The van der Waals surface area contributed by atoms with E-state index in [-0.39, 0.29) is 64.4 Å². The molecule has 13 nitrogen and oxygen atoms in total. The molecule has 4 atom stereocenters. The number of aliphatic hydroxyl groups excluding tert-OH is 1. The molecule has 1 aromatic heterocycles. The summed E-state index contributed by atoms with van der Waals surface area (Å²) in [5.41, 5.74) is 1.72. The van der Waals surface area contributed by atoms with Crippen LogP contribution >= 0.6 is 0 Å². The number of aromatic carboxylic acids is 1. The molecule has 14 heteroatoms. The minimum atomic E-state index is -4.09. The van der Waals surface area contributed by atoms with E-state index in [9.17, 15) is 28.2 Å². The number of nitrogens with zero attached hydrogens (tertiary/aromatic N) is 3. The number of carbonyl (C=O) groups excluding carboxylic acids is 1. The number of sulfonamides is 1. The highest BCUT2D eigenvalue weighted by Crippen LogP contribution is 2.30. The van der Waals surface area contributed by atoms with Crippen LogP contribution in [0.3, 0.4) is 0 Å². The first kappa shape index (κ1) is 37.8. The third kappa shape index (κ3) is 9.81. The van der Waals surface area contributed by atoms with Crippen molar-refractivity contribution in [3.63, 3.8) is 0 Å². The van der Waals surface area contributed by atoms with Crippen LogP contribution in [-0.2, 0) is 21.3 Å². The summed E-state index contributed by atoms with van der Waals surface area (Å²) >= 11 is 0. The summed E-state index contributed by atoms with van der Waals surface area (Å²) < 4.78 is 46.9. The summed E-state index contributed by atoms with van der Waals surface area (Å²) in [6, 6.07) is 10.8. The molecule has 4 rings (SSSR count). The van der Waals surface area contributed by atoms with Crippen LogP contribution < -0.4 is 9.46 Å². The monoisotopic (exact) mass is 700 g/mol. The lowest BCUT2D eigenvalue weighted by Gasteiger charge is -2.36. The first-order chi connectivity index (χ1) is 23.2. The Kier molecular flexibility index (Phi) is 12.8. The normalized spacial score (nSPS) is 20.3. The Bertz CT molecular complexity index is 1670. The van der Waals surface area contributed by atoms with Gasteiger partial charge in [-0.3, -0.25) is 14.4 Å². The molecule has 0 spiro atoms. The molecule has 0 unspecified atom stereocenters. The second kappa shape index (κ2) is 16.6. The molecule has 3 N–H and O–H groups in total. The minimum Gasteiger partial charge on any atom is -0.490 e. The van der Waals surface area contributed by atoms with E-state index in [2.05, 4.69) is 14.8 Å². The number of carbonyl (C=O) groups is 2. The van der Waals surface area contributed by atoms with E-state index in [0.29, 0.717) is 31.9 Å². The molecular formula is C35H48N4O9S. The zero-order chi connectivity index (χ0) is 35.9. The lowest BCUT2D eigenvalue weighted by molar-refractivity contribution is -0.0177. The zero-order valence-electron chi connectivity index (χ0n) is 29.0. The molecule has 1 aliphatic heterocycles. The van der Waals surface area contributed by atoms with Gasteiger partial charge in [-0.15, -0.1) is 0 Å². The Morgan fingerprint density at radius 1 is 1.14 bits per heavy atom. The molecule has 0 fully saturated rings. The number of nitrogens with one attached hydrogen (secondary N) is 1. The molecule has 49 heavy (non-hydrogen) atoms. The van der Waals surface area contributed by atoms with E-state index in [1.54, 1.807) is 48.2 Å². The summed E-state index contributed by atoms with van der Waals surface area (Å²) in [5, 5.41) is 23.2. The number of aromatic nitrogens is 1. The van der Waals surface area contributed by atoms with Gasteiger partial charge in [0, 0.05) is 37.8 Å². The molecule has 2 heterocycles. The second-order valence-electron chi connectivity index (χ2n) is 13.0. The van der Waals surface area contributed by atoms with Gasteiger partial charge >= 0.3 is 5.97 Å². The largest absolute Gasteiger partial charge is 0.490 e. The Labute approximate surface area is 288 Å². The van der Waals surface area contributed by atoms with E-state index in [1.165, 1.54) is 19.9 Å². The number of hydrogen-bond donors (Lipinski definition) is 3. The van der Waals surface area contributed by atoms with Crippen molar-refractivity contribution in [2.45, 2.75) is 83.6 Å². The van der Waals surface area contributed by atoms with Gasteiger partial charge in [0.25, 0.3) is 15.9 Å². The van der Waals surface area contributed by atoms with Crippen LogP contribution in [0.15, 0.2) is 51.9 Å². The Balaban J connectivity index is 1.63. The molecular weight excluding hydrogens is 652 g/mol. The lowest BCUT2D eigenvalue weighted by atomic mass is 10.0. The fraction of sp³-hybridized carbons (Fsp3) is 0.514. The molecule has 0 radical (unpaired) electrons. The first-order valence-corrected chi connectivity index (χ1v) is 18.0. The summed E-state index contributed by atoms with van der Waals surface area (Å²) in [6.07, 6.45) is 1.84. The number of fused-ring (bicyclic) bond motifs is 1. The van der Waals surface area contributed by atoms with Crippen molar-refractivity contribution in [1.82, 2.24) is 15.0 Å². The van der Waals surface area contributed by atoms with Crippen molar-refractivity contribution < 1.29 is 42.2 Å². The maximum atomic E-state index is 14.4. The zero-order valence-corrected chi connectivity index (χ0v) is 29.8. The maximum Gasteiger partial charge on any atom is 0.335 e. The molecule has 0 bridgehead atoms. The SMILES string of the molecule is Cc1noc(C)c1S(=O)(=O)Nc1ccc2c(c1)C(=O)N([C@@H](C)CO)C[C@@H](C)[C@@H](CN(C)Cc1ccc(C(=O)O)cc1)OCCCC[C@H](C)O2. The second-order valence-corrected chi connectivity index (χ2v) is 14.6. The molecule has 0 saturated carbocycles. The van der Waals surface area contributed by atoms with E-state index in [4.69, 9.17) is 14.0 Å². The molecule has 0 aliphatic carbocycles. The topological polar surface area (TPSA) is 172 Å². The molecule has 0 saturated heterocycles. The molecule has 268 valence electrons. The van der Waals surface area contributed by atoms with Crippen LogP contribution in [0.5, 0.6) is 5.75 Å². The first-order valence-electron chi connectivity index (χ1n) is 16.5. The smallest absolute Gasteiger partial charge is 0.335 e. The number of aliphatic hydroxyl groups is 1. The Hall–Kier alpha value is -3.98. The molecule has 1 aliphatic rings. The van der Waals surface area contributed by atoms with Crippen LogP contribution in [0.2, 0.25) is 0 Å². The summed E-state index contributed by atoms with van der Waals surface area (Å²) in [4.78, 5) is 29.3. The summed E-state index contributed by atoms with van der Waals surface area (Å²) in [6.45, 7) is 10.3.